The summed E-state index contributed by atoms with van der Waals surface area (Å²) in [6.45, 7) is 1.66. The summed E-state index contributed by atoms with van der Waals surface area (Å²) in [4.78, 5) is 11.6. The molecule has 88 valence electrons. The van der Waals surface area contributed by atoms with Gasteiger partial charge < -0.3 is 11.1 Å². The Morgan fingerprint density at radius 3 is 2.53 bits per heavy atom. The molecular formula is C13H13BrN2O. The smallest absolute Gasteiger partial charge is 0.241 e. The number of carbonyl (C=O) groups is 1. The highest BCUT2D eigenvalue weighted by Gasteiger charge is 2.10. The first-order valence-corrected chi connectivity index (χ1v) is 6.12. The third-order valence-electron chi connectivity index (χ3n) is 2.54. The molecule has 0 saturated heterocycles. The number of nitrogens with two attached hydrogens (primary N) is 1. The van der Waals surface area contributed by atoms with Gasteiger partial charge in [-0.3, -0.25) is 4.79 Å². The molecule has 1 amide bonds. The summed E-state index contributed by atoms with van der Waals surface area (Å²) >= 11 is 3.49. The largest absolute Gasteiger partial charge is 0.324 e. The van der Waals surface area contributed by atoms with E-state index in [1.165, 1.54) is 0 Å². The summed E-state index contributed by atoms with van der Waals surface area (Å²) in [5, 5.41) is 4.89. The van der Waals surface area contributed by atoms with Gasteiger partial charge in [-0.1, -0.05) is 40.2 Å². The number of anilines is 1. The molecule has 2 aromatic rings. The van der Waals surface area contributed by atoms with Crippen molar-refractivity contribution in [1.82, 2.24) is 0 Å². The summed E-state index contributed by atoms with van der Waals surface area (Å²) in [7, 11) is 0. The van der Waals surface area contributed by atoms with Crippen molar-refractivity contribution in [3.8, 4) is 0 Å². The van der Waals surface area contributed by atoms with E-state index in [-0.39, 0.29) is 5.91 Å². The molecule has 0 aliphatic rings. The van der Waals surface area contributed by atoms with E-state index in [2.05, 4.69) is 21.2 Å². The van der Waals surface area contributed by atoms with E-state index in [0.29, 0.717) is 0 Å². The lowest BCUT2D eigenvalue weighted by atomic mass is 10.1. The fraction of sp³-hybridized carbons (Fsp3) is 0.154. The van der Waals surface area contributed by atoms with Crippen molar-refractivity contribution in [3.05, 3.63) is 40.9 Å². The van der Waals surface area contributed by atoms with Gasteiger partial charge in [0, 0.05) is 15.5 Å². The first kappa shape index (κ1) is 12.1. The summed E-state index contributed by atoms with van der Waals surface area (Å²) in [6.07, 6.45) is 0. The van der Waals surface area contributed by atoms with Crippen LogP contribution in [0.4, 0.5) is 5.69 Å². The number of rotatable bonds is 2. The Labute approximate surface area is 108 Å². The van der Waals surface area contributed by atoms with Crippen molar-refractivity contribution in [2.45, 2.75) is 13.0 Å². The Morgan fingerprint density at radius 1 is 1.24 bits per heavy atom. The Balaban J connectivity index is 2.48. The van der Waals surface area contributed by atoms with Crippen LogP contribution in [0.3, 0.4) is 0 Å². The summed E-state index contributed by atoms with van der Waals surface area (Å²) in [5.74, 6) is -0.183. The van der Waals surface area contributed by atoms with Crippen molar-refractivity contribution < 1.29 is 4.79 Å². The lowest BCUT2D eigenvalue weighted by molar-refractivity contribution is -0.117. The highest BCUT2D eigenvalue weighted by molar-refractivity contribution is 9.10. The zero-order valence-electron chi connectivity index (χ0n) is 9.41. The number of hydrogen-bond donors (Lipinski definition) is 2. The van der Waals surface area contributed by atoms with Crippen LogP contribution in [0.2, 0.25) is 0 Å². The van der Waals surface area contributed by atoms with Crippen LogP contribution in [0.1, 0.15) is 6.92 Å². The molecule has 0 fully saturated rings. The molecule has 17 heavy (non-hydrogen) atoms. The number of nitrogens with one attached hydrogen (secondary N) is 1. The maximum atomic E-state index is 11.6. The molecule has 0 bridgehead atoms. The standard InChI is InChI=1S/C13H13BrN2O/c1-8(15)13(17)16-12-7-6-11(14)9-4-2-3-5-10(9)12/h2-8H,15H2,1H3,(H,16,17). The van der Waals surface area contributed by atoms with Gasteiger partial charge in [-0.2, -0.15) is 0 Å². The number of fused-ring (bicyclic) bond motifs is 1. The third-order valence-corrected chi connectivity index (χ3v) is 3.23. The van der Waals surface area contributed by atoms with Crippen molar-refractivity contribution >= 4 is 38.3 Å². The fourth-order valence-corrected chi connectivity index (χ4v) is 2.10. The highest BCUT2D eigenvalue weighted by atomic mass is 79.9. The van der Waals surface area contributed by atoms with Crippen LogP contribution in [-0.4, -0.2) is 11.9 Å². The highest BCUT2D eigenvalue weighted by Crippen LogP contribution is 2.29. The average molecular weight is 293 g/mol. The quantitative estimate of drug-likeness (QED) is 0.894. The van der Waals surface area contributed by atoms with E-state index in [1.807, 2.05) is 36.4 Å². The van der Waals surface area contributed by atoms with Gasteiger partial charge in [0.1, 0.15) is 0 Å². The van der Waals surface area contributed by atoms with Gasteiger partial charge in [0.2, 0.25) is 5.91 Å². The van der Waals surface area contributed by atoms with E-state index in [9.17, 15) is 4.79 Å². The molecule has 0 aliphatic carbocycles. The number of amides is 1. The molecule has 0 aromatic heterocycles. The van der Waals surface area contributed by atoms with Crippen LogP contribution in [0.25, 0.3) is 10.8 Å². The maximum absolute atomic E-state index is 11.6. The minimum Gasteiger partial charge on any atom is -0.324 e. The molecular weight excluding hydrogens is 280 g/mol. The minimum atomic E-state index is -0.516. The zero-order chi connectivity index (χ0) is 12.4. The first-order chi connectivity index (χ1) is 8.09. The normalized spacial score (nSPS) is 12.4. The van der Waals surface area contributed by atoms with E-state index < -0.39 is 6.04 Å². The number of halogens is 1. The van der Waals surface area contributed by atoms with Gasteiger partial charge in [-0.05, 0) is 24.4 Å². The molecule has 0 saturated carbocycles. The molecule has 2 aromatic carbocycles. The van der Waals surface area contributed by atoms with Gasteiger partial charge in [-0.15, -0.1) is 0 Å². The molecule has 0 aliphatic heterocycles. The molecule has 3 nitrogen and oxygen atoms in total. The molecule has 0 spiro atoms. The van der Waals surface area contributed by atoms with E-state index in [0.717, 1.165) is 20.9 Å². The van der Waals surface area contributed by atoms with Crippen molar-refractivity contribution in [2.75, 3.05) is 5.32 Å². The van der Waals surface area contributed by atoms with E-state index >= 15 is 0 Å². The van der Waals surface area contributed by atoms with Crippen molar-refractivity contribution in [3.63, 3.8) is 0 Å². The van der Waals surface area contributed by atoms with E-state index in [1.54, 1.807) is 6.92 Å². The minimum absolute atomic E-state index is 0.183. The Kier molecular flexibility index (Phi) is 3.45. The number of benzene rings is 2. The third kappa shape index (κ3) is 2.48. The monoisotopic (exact) mass is 292 g/mol. The molecule has 1 unspecified atom stereocenters. The average Bonchev–Trinajstić information content (AvgIpc) is 2.33. The second-order valence-corrected chi connectivity index (χ2v) is 4.77. The molecule has 0 radical (unpaired) electrons. The predicted molar refractivity (Wildman–Crippen MR) is 73.9 cm³/mol. The predicted octanol–water partition coefficient (Wildman–Crippen LogP) is 2.89. The maximum Gasteiger partial charge on any atom is 0.241 e. The second-order valence-electron chi connectivity index (χ2n) is 3.92. The molecule has 2 rings (SSSR count). The van der Waals surface area contributed by atoms with Crippen LogP contribution in [-0.2, 0) is 4.79 Å². The van der Waals surface area contributed by atoms with Crippen LogP contribution in [0.15, 0.2) is 40.9 Å². The van der Waals surface area contributed by atoms with Crippen LogP contribution < -0.4 is 11.1 Å². The van der Waals surface area contributed by atoms with Gasteiger partial charge in [0.15, 0.2) is 0 Å². The van der Waals surface area contributed by atoms with Crippen LogP contribution >= 0.6 is 15.9 Å². The van der Waals surface area contributed by atoms with Gasteiger partial charge in [-0.25, -0.2) is 0 Å². The molecule has 4 heteroatoms. The van der Waals surface area contributed by atoms with Gasteiger partial charge in [0.05, 0.1) is 6.04 Å². The van der Waals surface area contributed by atoms with Crippen molar-refractivity contribution in [1.29, 1.82) is 0 Å². The molecule has 3 N–H and O–H groups in total. The number of hydrogen-bond acceptors (Lipinski definition) is 2. The van der Waals surface area contributed by atoms with Crippen molar-refractivity contribution in [2.24, 2.45) is 5.73 Å². The van der Waals surface area contributed by atoms with E-state index in [4.69, 9.17) is 5.73 Å². The first-order valence-electron chi connectivity index (χ1n) is 5.33. The van der Waals surface area contributed by atoms with Crippen LogP contribution in [0.5, 0.6) is 0 Å². The lowest BCUT2D eigenvalue weighted by Crippen LogP contribution is -2.32. The zero-order valence-corrected chi connectivity index (χ0v) is 11.0. The van der Waals surface area contributed by atoms with Gasteiger partial charge >= 0.3 is 0 Å². The molecule has 0 heterocycles. The Morgan fingerprint density at radius 2 is 1.88 bits per heavy atom. The SMILES string of the molecule is CC(N)C(=O)Nc1ccc(Br)c2ccccc12. The Hall–Kier alpha value is -1.39. The lowest BCUT2D eigenvalue weighted by Gasteiger charge is -2.11. The molecule has 1 atom stereocenters. The summed E-state index contributed by atoms with van der Waals surface area (Å²) in [6, 6.07) is 11.1. The second kappa shape index (κ2) is 4.85. The Bertz CT molecular complexity index is 566. The van der Waals surface area contributed by atoms with Gasteiger partial charge in [0.25, 0.3) is 0 Å². The summed E-state index contributed by atoms with van der Waals surface area (Å²) in [5.41, 5.74) is 6.32. The fourth-order valence-electron chi connectivity index (χ4n) is 1.62. The number of carbonyl (C=O) groups excluding carboxylic acids is 1. The van der Waals surface area contributed by atoms with Crippen LogP contribution in [0, 0.1) is 0 Å². The summed E-state index contributed by atoms with van der Waals surface area (Å²) < 4.78 is 1.01. The topological polar surface area (TPSA) is 55.1 Å².